The second-order valence-electron chi connectivity index (χ2n) is 4.89. The number of carboxylic acid groups (broad SMARTS) is 1. The van der Waals surface area contributed by atoms with E-state index >= 15 is 0 Å². The maximum absolute atomic E-state index is 11.8. The molecule has 0 radical (unpaired) electrons. The minimum Gasteiger partial charge on any atom is -0.480 e. The Morgan fingerprint density at radius 3 is 2.21 bits per heavy atom. The summed E-state index contributed by atoms with van der Waals surface area (Å²) in [5, 5.41) is 14.2. The van der Waals surface area contributed by atoms with Crippen LogP contribution in [0.5, 0.6) is 0 Å². The predicted molar refractivity (Wildman–Crippen MR) is 75.4 cm³/mol. The van der Waals surface area contributed by atoms with Gasteiger partial charge in [-0.15, -0.1) is 0 Å². The summed E-state index contributed by atoms with van der Waals surface area (Å²) in [6.07, 6.45) is 0.961. The molecule has 1 fully saturated rings. The number of halogens is 1. The number of hydrogen-bond donors (Lipinski definition) is 3. The molecule has 1 aliphatic carbocycles. The fourth-order valence-electron chi connectivity index (χ4n) is 1.92. The van der Waals surface area contributed by atoms with Crippen molar-refractivity contribution in [1.82, 2.24) is 5.32 Å². The fourth-order valence-corrected chi connectivity index (χ4v) is 2.14. The number of urea groups is 1. The average molecular weight is 327 g/mol. The Morgan fingerprint density at radius 1 is 1.26 bits per heavy atom. The molecular weight excluding hydrogens is 312 g/mol. The number of benzene rings is 1. The number of carbonyl (C=O) groups is 2. The highest BCUT2D eigenvalue weighted by Crippen LogP contribution is 2.35. The molecule has 1 aromatic carbocycles. The van der Waals surface area contributed by atoms with Gasteiger partial charge in [-0.2, -0.15) is 0 Å². The van der Waals surface area contributed by atoms with Crippen LogP contribution in [0, 0.1) is 13.8 Å². The fraction of sp³-hybridized carbons (Fsp3) is 0.385. The van der Waals surface area contributed by atoms with Gasteiger partial charge in [-0.25, -0.2) is 9.59 Å². The standard InChI is InChI=1S/C13H15BrN2O3/c1-7-5-9(6-8(2)10(7)14)15-12(19)16-13(3-4-13)11(17)18/h5-6H,3-4H2,1-2H3,(H,17,18)(H2,15,16,19). The van der Waals surface area contributed by atoms with Gasteiger partial charge < -0.3 is 15.7 Å². The van der Waals surface area contributed by atoms with Crippen LogP contribution < -0.4 is 10.6 Å². The summed E-state index contributed by atoms with van der Waals surface area (Å²) in [6.45, 7) is 3.86. The Balaban J connectivity index is 2.06. The van der Waals surface area contributed by atoms with Crippen LogP contribution in [0.4, 0.5) is 10.5 Å². The molecule has 1 aromatic rings. The van der Waals surface area contributed by atoms with E-state index in [9.17, 15) is 9.59 Å². The maximum Gasteiger partial charge on any atom is 0.329 e. The lowest BCUT2D eigenvalue weighted by atomic mass is 10.1. The van der Waals surface area contributed by atoms with Crippen LogP contribution in [0.15, 0.2) is 16.6 Å². The van der Waals surface area contributed by atoms with Gasteiger partial charge in [0.05, 0.1) is 0 Å². The Hall–Kier alpha value is -1.56. The first-order valence-electron chi connectivity index (χ1n) is 5.93. The van der Waals surface area contributed by atoms with Gasteiger partial charge >= 0.3 is 12.0 Å². The van der Waals surface area contributed by atoms with Crippen molar-refractivity contribution >= 4 is 33.6 Å². The minimum absolute atomic E-state index is 0.480. The summed E-state index contributed by atoms with van der Waals surface area (Å²) < 4.78 is 1.00. The van der Waals surface area contributed by atoms with E-state index in [0.717, 1.165) is 15.6 Å². The van der Waals surface area contributed by atoms with Gasteiger partial charge in [0.15, 0.2) is 0 Å². The van der Waals surface area contributed by atoms with Crippen molar-refractivity contribution in [2.24, 2.45) is 0 Å². The number of aryl methyl sites for hydroxylation is 2. The third kappa shape index (κ3) is 2.89. The van der Waals surface area contributed by atoms with Gasteiger partial charge in [0.1, 0.15) is 5.54 Å². The minimum atomic E-state index is -1.07. The van der Waals surface area contributed by atoms with E-state index in [2.05, 4.69) is 26.6 Å². The third-order valence-corrected chi connectivity index (χ3v) is 4.46. The Labute approximate surface area is 119 Å². The topological polar surface area (TPSA) is 78.4 Å². The molecule has 0 atom stereocenters. The van der Waals surface area contributed by atoms with Crippen molar-refractivity contribution in [2.45, 2.75) is 32.2 Å². The lowest BCUT2D eigenvalue weighted by molar-refractivity contribution is -0.140. The molecule has 0 spiro atoms. The van der Waals surface area contributed by atoms with Crippen molar-refractivity contribution in [3.05, 3.63) is 27.7 Å². The van der Waals surface area contributed by atoms with E-state index in [1.54, 1.807) is 0 Å². The molecule has 19 heavy (non-hydrogen) atoms. The first-order valence-corrected chi connectivity index (χ1v) is 6.73. The molecule has 2 rings (SSSR count). The highest BCUT2D eigenvalue weighted by molar-refractivity contribution is 9.10. The van der Waals surface area contributed by atoms with E-state index < -0.39 is 17.5 Å². The molecule has 0 bridgehead atoms. The lowest BCUT2D eigenvalue weighted by Crippen LogP contribution is -2.45. The van der Waals surface area contributed by atoms with Crippen molar-refractivity contribution in [3.63, 3.8) is 0 Å². The Bertz CT molecular complexity index is 530. The van der Waals surface area contributed by atoms with Crippen LogP contribution in [0.2, 0.25) is 0 Å². The smallest absolute Gasteiger partial charge is 0.329 e. The first kappa shape index (κ1) is 13.9. The number of carboxylic acids is 1. The van der Waals surface area contributed by atoms with Crippen LogP contribution in [0.1, 0.15) is 24.0 Å². The number of anilines is 1. The second-order valence-corrected chi connectivity index (χ2v) is 5.68. The van der Waals surface area contributed by atoms with Crippen LogP contribution in [-0.4, -0.2) is 22.6 Å². The van der Waals surface area contributed by atoms with Crippen LogP contribution >= 0.6 is 15.9 Å². The molecule has 6 heteroatoms. The van der Waals surface area contributed by atoms with E-state index in [-0.39, 0.29) is 0 Å². The first-order chi connectivity index (χ1) is 8.84. The molecule has 102 valence electrons. The molecule has 1 aliphatic rings. The molecule has 1 saturated carbocycles. The molecule has 0 saturated heterocycles. The van der Waals surface area contributed by atoms with Crippen LogP contribution in [0.25, 0.3) is 0 Å². The summed E-state index contributed by atoms with van der Waals surface area (Å²) in [5.41, 5.74) is 1.60. The molecule has 0 aromatic heterocycles. The highest BCUT2D eigenvalue weighted by atomic mass is 79.9. The summed E-state index contributed by atoms with van der Waals surface area (Å²) in [6, 6.07) is 3.18. The van der Waals surface area contributed by atoms with Gasteiger partial charge in [-0.1, -0.05) is 15.9 Å². The number of rotatable bonds is 3. The summed E-state index contributed by atoms with van der Waals surface area (Å²) >= 11 is 3.45. The van der Waals surface area contributed by atoms with Crippen molar-refractivity contribution < 1.29 is 14.7 Å². The van der Waals surface area contributed by atoms with Crippen molar-refractivity contribution in [1.29, 1.82) is 0 Å². The van der Waals surface area contributed by atoms with Crippen molar-refractivity contribution in [2.75, 3.05) is 5.32 Å². The number of carbonyl (C=O) groups excluding carboxylic acids is 1. The molecule has 0 heterocycles. The van der Waals surface area contributed by atoms with Gasteiger partial charge in [-0.3, -0.25) is 0 Å². The normalized spacial score (nSPS) is 15.7. The van der Waals surface area contributed by atoms with E-state index in [4.69, 9.17) is 5.11 Å². The molecule has 5 nitrogen and oxygen atoms in total. The van der Waals surface area contributed by atoms with Gasteiger partial charge in [0, 0.05) is 10.2 Å². The number of nitrogens with one attached hydrogen (secondary N) is 2. The van der Waals surface area contributed by atoms with Crippen molar-refractivity contribution in [3.8, 4) is 0 Å². The zero-order valence-corrected chi connectivity index (χ0v) is 12.3. The summed E-state index contributed by atoms with van der Waals surface area (Å²) in [5.74, 6) is -0.981. The van der Waals surface area contributed by atoms with Gasteiger partial charge in [0.2, 0.25) is 0 Å². The lowest BCUT2D eigenvalue weighted by Gasteiger charge is -2.14. The van der Waals surface area contributed by atoms with Gasteiger partial charge in [-0.05, 0) is 49.9 Å². The largest absolute Gasteiger partial charge is 0.480 e. The number of hydrogen-bond acceptors (Lipinski definition) is 2. The van der Waals surface area contributed by atoms with E-state index in [0.29, 0.717) is 18.5 Å². The molecule has 3 N–H and O–H groups in total. The Kier molecular flexibility index (Phi) is 3.54. The monoisotopic (exact) mass is 326 g/mol. The van der Waals surface area contributed by atoms with E-state index in [1.807, 2.05) is 26.0 Å². The maximum atomic E-state index is 11.8. The average Bonchev–Trinajstić information content (AvgIpc) is 3.06. The number of amides is 2. The molecular formula is C13H15BrN2O3. The third-order valence-electron chi connectivity index (χ3n) is 3.21. The zero-order chi connectivity index (χ0) is 14.2. The second kappa shape index (κ2) is 4.85. The SMILES string of the molecule is Cc1cc(NC(=O)NC2(C(=O)O)CC2)cc(C)c1Br. The molecule has 2 amide bonds. The zero-order valence-electron chi connectivity index (χ0n) is 10.7. The summed E-state index contributed by atoms with van der Waals surface area (Å²) in [7, 11) is 0. The van der Waals surface area contributed by atoms with E-state index in [1.165, 1.54) is 0 Å². The highest BCUT2D eigenvalue weighted by Gasteiger charge is 2.51. The predicted octanol–water partition coefficient (Wildman–Crippen LogP) is 2.80. The molecule has 0 unspecified atom stereocenters. The van der Waals surface area contributed by atoms with Gasteiger partial charge in [0.25, 0.3) is 0 Å². The number of aliphatic carboxylic acids is 1. The quantitative estimate of drug-likeness (QED) is 0.799. The Morgan fingerprint density at radius 2 is 1.79 bits per heavy atom. The van der Waals surface area contributed by atoms with Crippen LogP contribution in [-0.2, 0) is 4.79 Å². The molecule has 0 aliphatic heterocycles. The van der Waals surface area contributed by atoms with Crippen LogP contribution in [0.3, 0.4) is 0 Å². The summed E-state index contributed by atoms with van der Waals surface area (Å²) in [4.78, 5) is 22.8.